The van der Waals surface area contributed by atoms with E-state index in [4.69, 9.17) is 9.26 Å². The van der Waals surface area contributed by atoms with Crippen LogP contribution in [0.3, 0.4) is 0 Å². The largest absolute Gasteiger partial charge is 0.497 e. The zero-order chi connectivity index (χ0) is 16.2. The van der Waals surface area contributed by atoms with Gasteiger partial charge in [0.1, 0.15) is 5.75 Å². The van der Waals surface area contributed by atoms with Crippen LogP contribution in [0.25, 0.3) is 0 Å². The molecule has 1 amide bonds. The summed E-state index contributed by atoms with van der Waals surface area (Å²) in [4.78, 5) is 16.4. The third kappa shape index (κ3) is 4.07. The molecule has 1 aromatic heterocycles. The lowest BCUT2D eigenvalue weighted by atomic mass is 9.97. The Morgan fingerprint density at radius 2 is 2.14 bits per heavy atom. The predicted octanol–water partition coefficient (Wildman–Crippen LogP) is 2.35. The molecule has 1 N–H and O–H groups in total. The summed E-state index contributed by atoms with van der Waals surface area (Å²) in [5.74, 6) is 1.69. The zero-order valence-electron chi connectivity index (χ0n) is 13.3. The van der Waals surface area contributed by atoms with Crippen LogP contribution in [-0.4, -0.2) is 29.7 Å². The van der Waals surface area contributed by atoms with Gasteiger partial charge in [0.2, 0.25) is 5.89 Å². The van der Waals surface area contributed by atoms with E-state index in [1.165, 1.54) is 0 Å². The fraction of sp³-hybridized carbons (Fsp3) is 0.438. The fourth-order valence-corrected chi connectivity index (χ4v) is 1.81. The van der Waals surface area contributed by atoms with Crippen molar-refractivity contribution in [3.63, 3.8) is 0 Å². The summed E-state index contributed by atoms with van der Waals surface area (Å²) in [6.07, 6.45) is 0.523. The number of amides is 1. The van der Waals surface area contributed by atoms with E-state index in [-0.39, 0.29) is 11.3 Å². The molecule has 2 rings (SSSR count). The van der Waals surface area contributed by atoms with Gasteiger partial charge in [-0.05, 0) is 18.2 Å². The molecule has 0 unspecified atom stereocenters. The third-order valence-corrected chi connectivity index (χ3v) is 3.08. The summed E-state index contributed by atoms with van der Waals surface area (Å²) in [6.45, 7) is 6.47. The predicted molar refractivity (Wildman–Crippen MR) is 82.0 cm³/mol. The van der Waals surface area contributed by atoms with Gasteiger partial charge in [-0.2, -0.15) is 4.98 Å². The van der Waals surface area contributed by atoms with Gasteiger partial charge in [-0.25, -0.2) is 0 Å². The van der Waals surface area contributed by atoms with Crippen molar-refractivity contribution in [2.24, 2.45) is 0 Å². The van der Waals surface area contributed by atoms with E-state index in [9.17, 15) is 4.79 Å². The third-order valence-electron chi connectivity index (χ3n) is 3.08. The van der Waals surface area contributed by atoms with Gasteiger partial charge < -0.3 is 14.6 Å². The van der Waals surface area contributed by atoms with Gasteiger partial charge in [-0.3, -0.25) is 4.79 Å². The van der Waals surface area contributed by atoms with Gasteiger partial charge in [-0.1, -0.05) is 32.0 Å². The summed E-state index contributed by atoms with van der Waals surface area (Å²) in [6, 6.07) is 7.01. The number of nitrogens with one attached hydrogen (secondary N) is 1. The lowest BCUT2D eigenvalue weighted by Crippen LogP contribution is -2.26. The Kier molecular flexibility index (Phi) is 4.80. The van der Waals surface area contributed by atoms with E-state index in [0.29, 0.717) is 36.0 Å². The summed E-state index contributed by atoms with van der Waals surface area (Å²) in [7, 11) is 1.57. The van der Waals surface area contributed by atoms with Gasteiger partial charge in [0.05, 0.1) is 7.11 Å². The highest BCUT2D eigenvalue weighted by molar-refractivity contribution is 5.94. The summed E-state index contributed by atoms with van der Waals surface area (Å²) < 4.78 is 10.3. The number of methoxy groups -OCH3 is 1. The standard InChI is InChI=1S/C16H21N3O3/c1-16(2,3)15-18-13(19-22-15)8-9-17-14(20)11-6-5-7-12(10-11)21-4/h5-7,10H,8-9H2,1-4H3,(H,17,20). The first kappa shape index (κ1) is 16.0. The number of hydrogen-bond donors (Lipinski definition) is 1. The normalized spacial score (nSPS) is 11.3. The number of ether oxygens (including phenoxy) is 1. The van der Waals surface area contributed by atoms with E-state index in [1.54, 1.807) is 31.4 Å². The lowest BCUT2D eigenvalue weighted by molar-refractivity contribution is 0.0953. The van der Waals surface area contributed by atoms with Gasteiger partial charge in [0, 0.05) is 23.9 Å². The quantitative estimate of drug-likeness (QED) is 0.917. The SMILES string of the molecule is COc1cccc(C(=O)NCCc2noc(C(C)(C)C)n2)c1. The van der Waals surface area contributed by atoms with Crippen LogP contribution >= 0.6 is 0 Å². The second-order valence-electron chi connectivity index (χ2n) is 6.00. The topological polar surface area (TPSA) is 77.2 Å². The molecule has 6 nitrogen and oxygen atoms in total. The Hall–Kier alpha value is -2.37. The molecule has 2 aromatic rings. The average Bonchev–Trinajstić information content (AvgIpc) is 2.96. The Balaban J connectivity index is 1.88. The highest BCUT2D eigenvalue weighted by Crippen LogP contribution is 2.19. The number of hydrogen-bond acceptors (Lipinski definition) is 5. The molecule has 0 spiro atoms. The Morgan fingerprint density at radius 1 is 1.36 bits per heavy atom. The molecular weight excluding hydrogens is 282 g/mol. The van der Waals surface area contributed by atoms with E-state index in [2.05, 4.69) is 15.5 Å². The molecule has 0 bridgehead atoms. The van der Waals surface area contributed by atoms with Crippen LogP contribution in [-0.2, 0) is 11.8 Å². The Bertz CT molecular complexity index is 644. The number of carbonyl (C=O) groups excluding carboxylic acids is 1. The van der Waals surface area contributed by atoms with Gasteiger partial charge in [0.15, 0.2) is 5.82 Å². The average molecular weight is 303 g/mol. The van der Waals surface area contributed by atoms with Crippen LogP contribution in [0.4, 0.5) is 0 Å². The minimum Gasteiger partial charge on any atom is -0.497 e. The molecule has 0 saturated carbocycles. The minimum atomic E-state index is -0.172. The number of rotatable bonds is 5. The van der Waals surface area contributed by atoms with Crippen molar-refractivity contribution in [3.8, 4) is 5.75 Å². The fourth-order valence-electron chi connectivity index (χ4n) is 1.81. The van der Waals surface area contributed by atoms with Crippen LogP contribution in [0.5, 0.6) is 5.75 Å². The van der Waals surface area contributed by atoms with Gasteiger partial charge in [-0.15, -0.1) is 0 Å². The number of aromatic nitrogens is 2. The lowest BCUT2D eigenvalue weighted by Gasteiger charge is -2.10. The maximum absolute atomic E-state index is 12.0. The molecule has 1 aromatic carbocycles. The first-order chi connectivity index (χ1) is 10.4. The van der Waals surface area contributed by atoms with Crippen molar-refractivity contribution in [1.82, 2.24) is 15.5 Å². The monoisotopic (exact) mass is 303 g/mol. The van der Waals surface area contributed by atoms with Gasteiger partial charge in [0.25, 0.3) is 5.91 Å². The molecule has 0 fully saturated rings. The number of benzene rings is 1. The van der Waals surface area contributed by atoms with E-state index in [0.717, 1.165) is 0 Å². The summed E-state index contributed by atoms with van der Waals surface area (Å²) in [5, 5.41) is 6.75. The van der Waals surface area contributed by atoms with Crippen LogP contribution in [0.15, 0.2) is 28.8 Å². The maximum atomic E-state index is 12.0. The van der Waals surface area contributed by atoms with E-state index in [1.807, 2.05) is 20.8 Å². The molecular formula is C16H21N3O3. The van der Waals surface area contributed by atoms with E-state index >= 15 is 0 Å². The number of carbonyl (C=O) groups is 1. The van der Waals surface area contributed by atoms with Crippen LogP contribution in [0.1, 0.15) is 42.8 Å². The second kappa shape index (κ2) is 6.60. The molecule has 0 aliphatic heterocycles. The molecule has 118 valence electrons. The molecule has 1 heterocycles. The van der Waals surface area contributed by atoms with Crippen LogP contribution in [0, 0.1) is 0 Å². The molecule has 6 heteroatoms. The maximum Gasteiger partial charge on any atom is 0.251 e. The summed E-state index contributed by atoms with van der Waals surface area (Å²) in [5.41, 5.74) is 0.387. The van der Waals surface area contributed by atoms with Crippen molar-refractivity contribution in [3.05, 3.63) is 41.5 Å². The summed E-state index contributed by atoms with van der Waals surface area (Å²) >= 11 is 0. The molecule has 0 radical (unpaired) electrons. The molecule has 0 aliphatic carbocycles. The second-order valence-corrected chi connectivity index (χ2v) is 6.00. The van der Waals surface area contributed by atoms with Crippen molar-refractivity contribution in [2.45, 2.75) is 32.6 Å². The van der Waals surface area contributed by atoms with Crippen LogP contribution < -0.4 is 10.1 Å². The van der Waals surface area contributed by atoms with E-state index < -0.39 is 0 Å². The minimum absolute atomic E-state index is 0.154. The molecule has 0 saturated heterocycles. The van der Waals surface area contributed by atoms with Gasteiger partial charge >= 0.3 is 0 Å². The van der Waals surface area contributed by atoms with Crippen molar-refractivity contribution in [1.29, 1.82) is 0 Å². The first-order valence-electron chi connectivity index (χ1n) is 7.15. The molecule has 22 heavy (non-hydrogen) atoms. The Labute approximate surface area is 129 Å². The van der Waals surface area contributed by atoms with Crippen LogP contribution in [0.2, 0.25) is 0 Å². The van der Waals surface area contributed by atoms with Crippen molar-refractivity contribution < 1.29 is 14.1 Å². The van der Waals surface area contributed by atoms with Crippen molar-refractivity contribution in [2.75, 3.05) is 13.7 Å². The van der Waals surface area contributed by atoms with Crippen molar-refractivity contribution >= 4 is 5.91 Å². The first-order valence-corrected chi connectivity index (χ1v) is 7.15. The highest BCUT2D eigenvalue weighted by atomic mass is 16.5. The molecule has 0 aliphatic rings. The molecule has 0 atom stereocenters. The highest BCUT2D eigenvalue weighted by Gasteiger charge is 2.21. The Morgan fingerprint density at radius 3 is 2.77 bits per heavy atom. The number of nitrogens with zero attached hydrogens (tertiary/aromatic N) is 2. The zero-order valence-corrected chi connectivity index (χ0v) is 13.3. The smallest absolute Gasteiger partial charge is 0.251 e.